The first kappa shape index (κ1) is 18.8. The first-order valence-corrected chi connectivity index (χ1v) is 9.38. The molecule has 0 aliphatic carbocycles. The molecule has 3 rings (SSSR count). The summed E-state index contributed by atoms with van der Waals surface area (Å²) in [5, 5.41) is 11.1. The van der Waals surface area contributed by atoms with E-state index in [4.69, 9.17) is 5.11 Å². The number of carbonyl (C=O) groups excluding carboxylic acids is 1. The number of thiophene rings is 1. The fourth-order valence-electron chi connectivity index (χ4n) is 2.77. The molecule has 0 aliphatic rings. The molecule has 2 heterocycles. The highest BCUT2D eigenvalue weighted by molar-refractivity contribution is 7.16. The van der Waals surface area contributed by atoms with Gasteiger partial charge in [-0.25, -0.2) is 4.98 Å². The first-order chi connectivity index (χ1) is 13.0. The summed E-state index contributed by atoms with van der Waals surface area (Å²) in [4.78, 5) is 42.5. The molecule has 2 aromatic heterocycles. The molecule has 8 heteroatoms. The third-order valence-electron chi connectivity index (χ3n) is 4.14. The van der Waals surface area contributed by atoms with E-state index in [1.165, 1.54) is 22.2 Å². The van der Waals surface area contributed by atoms with E-state index in [2.05, 4.69) is 4.98 Å². The largest absolute Gasteiger partial charge is 0.481 e. The molecule has 0 atom stereocenters. The number of benzene rings is 1. The van der Waals surface area contributed by atoms with Crippen LogP contribution in [0.1, 0.15) is 18.4 Å². The van der Waals surface area contributed by atoms with Crippen LogP contribution in [0, 0.1) is 0 Å². The molecule has 140 valence electrons. The Morgan fingerprint density at radius 1 is 1.19 bits per heavy atom. The fraction of sp³-hybridized carbons (Fsp3) is 0.263. The van der Waals surface area contributed by atoms with E-state index in [1.54, 1.807) is 16.3 Å². The molecule has 1 N–H and O–H groups in total. The third kappa shape index (κ3) is 4.79. The predicted molar refractivity (Wildman–Crippen MR) is 103 cm³/mol. The van der Waals surface area contributed by atoms with Crippen molar-refractivity contribution in [2.45, 2.75) is 25.9 Å². The lowest BCUT2D eigenvalue weighted by atomic mass is 10.2. The average molecular weight is 385 g/mol. The standard InChI is InChI=1S/C19H19N3O4S/c23-16(12-22-13-20-18-15(19(22)26)8-10-27-18)21(9-4-7-17(24)25)11-14-5-2-1-3-6-14/h1-3,5-6,8,10,13H,4,7,9,11-12H2,(H,24,25). The molecule has 0 spiro atoms. The molecule has 3 aromatic rings. The summed E-state index contributed by atoms with van der Waals surface area (Å²) < 4.78 is 1.30. The van der Waals surface area contributed by atoms with Crippen LogP contribution in [-0.4, -0.2) is 38.0 Å². The highest BCUT2D eigenvalue weighted by atomic mass is 32.1. The van der Waals surface area contributed by atoms with E-state index in [0.29, 0.717) is 29.7 Å². The van der Waals surface area contributed by atoms with Crippen molar-refractivity contribution >= 4 is 33.4 Å². The molecular formula is C19H19N3O4S. The quantitative estimate of drug-likeness (QED) is 0.643. The van der Waals surface area contributed by atoms with Crippen LogP contribution in [0.4, 0.5) is 0 Å². The smallest absolute Gasteiger partial charge is 0.303 e. The van der Waals surface area contributed by atoms with Crippen molar-refractivity contribution < 1.29 is 14.7 Å². The van der Waals surface area contributed by atoms with Crippen molar-refractivity contribution in [1.29, 1.82) is 0 Å². The zero-order valence-electron chi connectivity index (χ0n) is 14.6. The Bertz CT molecular complexity index is 997. The van der Waals surface area contributed by atoms with Crippen LogP contribution in [0.2, 0.25) is 0 Å². The summed E-state index contributed by atoms with van der Waals surface area (Å²) in [5.41, 5.74) is 0.694. The minimum atomic E-state index is -0.898. The topological polar surface area (TPSA) is 92.5 Å². The number of rotatable bonds is 8. The summed E-state index contributed by atoms with van der Waals surface area (Å²) in [5.74, 6) is -1.15. The van der Waals surface area contributed by atoms with Gasteiger partial charge in [0.05, 0.1) is 11.7 Å². The first-order valence-electron chi connectivity index (χ1n) is 8.51. The van der Waals surface area contributed by atoms with E-state index in [-0.39, 0.29) is 24.4 Å². The van der Waals surface area contributed by atoms with Gasteiger partial charge in [0.2, 0.25) is 5.91 Å². The van der Waals surface area contributed by atoms with Gasteiger partial charge in [-0.15, -0.1) is 11.3 Å². The van der Waals surface area contributed by atoms with Crippen LogP contribution in [0.25, 0.3) is 10.2 Å². The number of carboxylic acids is 1. The molecule has 27 heavy (non-hydrogen) atoms. The van der Waals surface area contributed by atoms with Gasteiger partial charge < -0.3 is 10.0 Å². The molecule has 7 nitrogen and oxygen atoms in total. The fourth-order valence-corrected chi connectivity index (χ4v) is 3.49. The highest BCUT2D eigenvalue weighted by Gasteiger charge is 2.17. The van der Waals surface area contributed by atoms with Gasteiger partial charge in [0.25, 0.3) is 5.56 Å². The van der Waals surface area contributed by atoms with Gasteiger partial charge >= 0.3 is 5.97 Å². The number of aromatic nitrogens is 2. The van der Waals surface area contributed by atoms with Crippen LogP contribution < -0.4 is 5.56 Å². The lowest BCUT2D eigenvalue weighted by molar-refractivity contribution is -0.138. The second-order valence-electron chi connectivity index (χ2n) is 6.12. The van der Waals surface area contributed by atoms with Gasteiger partial charge in [0, 0.05) is 19.5 Å². The number of carboxylic acid groups (broad SMARTS) is 1. The van der Waals surface area contributed by atoms with Crippen molar-refractivity contribution in [2.24, 2.45) is 0 Å². The number of hydrogen-bond acceptors (Lipinski definition) is 5. The molecule has 0 saturated heterocycles. The number of fused-ring (bicyclic) bond motifs is 1. The van der Waals surface area contributed by atoms with Gasteiger partial charge in [-0.2, -0.15) is 0 Å². The van der Waals surface area contributed by atoms with Crippen molar-refractivity contribution in [1.82, 2.24) is 14.5 Å². The number of amides is 1. The summed E-state index contributed by atoms with van der Waals surface area (Å²) in [6.07, 6.45) is 1.72. The van der Waals surface area contributed by atoms with E-state index in [9.17, 15) is 14.4 Å². The van der Waals surface area contributed by atoms with E-state index >= 15 is 0 Å². The van der Waals surface area contributed by atoms with Crippen molar-refractivity contribution in [3.05, 3.63) is 64.0 Å². The van der Waals surface area contributed by atoms with Crippen LogP contribution >= 0.6 is 11.3 Å². The van der Waals surface area contributed by atoms with Gasteiger partial charge in [-0.1, -0.05) is 30.3 Å². The normalized spacial score (nSPS) is 10.8. The minimum absolute atomic E-state index is 0.0130. The lowest BCUT2D eigenvalue weighted by Gasteiger charge is -2.23. The van der Waals surface area contributed by atoms with Gasteiger partial charge in [0.1, 0.15) is 11.4 Å². The molecule has 1 amide bonds. The maximum atomic E-state index is 12.8. The summed E-state index contributed by atoms with van der Waals surface area (Å²) in [6.45, 7) is 0.544. The SMILES string of the molecule is O=C(O)CCCN(Cc1ccccc1)C(=O)Cn1cnc2sccc2c1=O. The Balaban J connectivity index is 1.76. The number of aliphatic carboxylic acids is 1. The predicted octanol–water partition coefficient (Wildman–Crippen LogP) is 2.35. The molecular weight excluding hydrogens is 366 g/mol. The van der Waals surface area contributed by atoms with Gasteiger partial charge in [-0.3, -0.25) is 19.0 Å². The Morgan fingerprint density at radius 3 is 2.70 bits per heavy atom. The maximum Gasteiger partial charge on any atom is 0.303 e. The average Bonchev–Trinajstić information content (AvgIpc) is 3.13. The van der Waals surface area contributed by atoms with Gasteiger partial charge in [0.15, 0.2) is 0 Å². The van der Waals surface area contributed by atoms with Crippen molar-refractivity contribution in [3.8, 4) is 0 Å². The Labute approximate surface area is 159 Å². The van der Waals surface area contributed by atoms with E-state index in [0.717, 1.165) is 5.56 Å². The van der Waals surface area contributed by atoms with E-state index < -0.39 is 5.97 Å². The van der Waals surface area contributed by atoms with Crippen molar-refractivity contribution in [2.75, 3.05) is 6.54 Å². The molecule has 1 aromatic carbocycles. The summed E-state index contributed by atoms with van der Waals surface area (Å²) >= 11 is 1.38. The monoisotopic (exact) mass is 385 g/mol. The molecule has 0 radical (unpaired) electrons. The Hall–Kier alpha value is -3.00. The third-order valence-corrected chi connectivity index (χ3v) is 4.96. The zero-order valence-corrected chi connectivity index (χ0v) is 15.4. The summed E-state index contributed by atoms with van der Waals surface area (Å²) in [7, 11) is 0. The van der Waals surface area contributed by atoms with E-state index in [1.807, 2.05) is 30.3 Å². The molecule has 0 bridgehead atoms. The van der Waals surface area contributed by atoms with Crippen LogP contribution in [0.15, 0.2) is 52.9 Å². The second-order valence-corrected chi connectivity index (χ2v) is 7.01. The highest BCUT2D eigenvalue weighted by Crippen LogP contribution is 2.13. The number of nitrogens with zero attached hydrogens (tertiary/aromatic N) is 3. The van der Waals surface area contributed by atoms with Crippen molar-refractivity contribution in [3.63, 3.8) is 0 Å². The maximum absolute atomic E-state index is 12.8. The van der Waals surface area contributed by atoms with Gasteiger partial charge in [-0.05, 0) is 23.4 Å². The lowest BCUT2D eigenvalue weighted by Crippen LogP contribution is -2.37. The molecule has 0 fully saturated rings. The zero-order chi connectivity index (χ0) is 19.2. The number of hydrogen-bond donors (Lipinski definition) is 1. The Morgan fingerprint density at radius 2 is 1.96 bits per heavy atom. The Kier molecular flexibility index (Phi) is 5.97. The molecule has 0 aliphatic heterocycles. The minimum Gasteiger partial charge on any atom is -0.481 e. The number of carbonyl (C=O) groups is 2. The van der Waals surface area contributed by atoms with Crippen LogP contribution in [-0.2, 0) is 22.7 Å². The molecule has 0 unspecified atom stereocenters. The summed E-state index contributed by atoms with van der Waals surface area (Å²) in [6, 6.07) is 11.2. The second kappa shape index (κ2) is 8.59. The van der Waals surface area contributed by atoms with Crippen LogP contribution in [0.5, 0.6) is 0 Å². The molecule has 0 saturated carbocycles. The van der Waals surface area contributed by atoms with Crippen LogP contribution in [0.3, 0.4) is 0 Å².